The molecule has 2 N–H and O–H groups in total. The number of hydrogen-bond donors (Lipinski definition) is 1. The Balaban J connectivity index is 2.72. The van der Waals surface area contributed by atoms with Gasteiger partial charge in [-0.15, -0.1) is 0 Å². The minimum atomic E-state index is -0.589. The van der Waals surface area contributed by atoms with Gasteiger partial charge in [0.1, 0.15) is 5.75 Å². The second-order valence-electron chi connectivity index (χ2n) is 2.87. The first-order valence-electron chi connectivity index (χ1n) is 4.35. The van der Waals surface area contributed by atoms with Gasteiger partial charge in [0.15, 0.2) is 6.10 Å². The van der Waals surface area contributed by atoms with E-state index in [1.54, 1.807) is 24.3 Å². The van der Waals surface area contributed by atoms with Crippen molar-refractivity contribution in [3.05, 3.63) is 29.3 Å². The molecule has 1 amide bonds. The first-order valence-corrected chi connectivity index (χ1v) is 4.72. The van der Waals surface area contributed by atoms with Gasteiger partial charge in [0.05, 0.1) is 0 Å². The van der Waals surface area contributed by atoms with Gasteiger partial charge in [-0.1, -0.05) is 24.6 Å². The van der Waals surface area contributed by atoms with E-state index >= 15 is 0 Å². The maximum absolute atomic E-state index is 10.9. The van der Waals surface area contributed by atoms with Crippen molar-refractivity contribution in [1.29, 1.82) is 0 Å². The van der Waals surface area contributed by atoms with Crippen LogP contribution in [0, 0.1) is 0 Å². The highest BCUT2D eigenvalue weighted by molar-refractivity contribution is 6.30. The molecule has 1 rings (SSSR count). The lowest BCUT2D eigenvalue weighted by atomic mass is 10.2. The summed E-state index contributed by atoms with van der Waals surface area (Å²) in [5.74, 6) is 0.0932. The molecule has 0 fully saturated rings. The van der Waals surface area contributed by atoms with E-state index in [-0.39, 0.29) is 0 Å². The van der Waals surface area contributed by atoms with E-state index in [4.69, 9.17) is 22.1 Å². The molecule has 76 valence electrons. The van der Waals surface area contributed by atoms with E-state index in [1.165, 1.54) is 0 Å². The fourth-order valence-electron chi connectivity index (χ4n) is 1.05. The van der Waals surface area contributed by atoms with Crippen LogP contribution in [-0.4, -0.2) is 12.0 Å². The van der Waals surface area contributed by atoms with Gasteiger partial charge in [-0.2, -0.15) is 0 Å². The Labute approximate surface area is 87.8 Å². The van der Waals surface area contributed by atoms with Crippen molar-refractivity contribution in [2.45, 2.75) is 19.4 Å². The molecule has 0 aliphatic carbocycles. The molecular formula is C10H12ClNO2. The van der Waals surface area contributed by atoms with Crippen molar-refractivity contribution in [1.82, 2.24) is 0 Å². The summed E-state index contributed by atoms with van der Waals surface area (Å²) in [6.07, 6.45) is -0.0459. The minimum absolute atomic E-state index is 0.465. The average molecular weight is 214 g/mol. The van der Waals surface area contributed by atoms with Gasteiger partial charge in [-0.05, 0) is 24.6 Å². The second-order valence-corrected chi connectivity index (χ2v) is 3.31. The molecule has 0 saturated carbocycles. The smallest absolute Gasteiger partial charge is 0.258 e. The van der Waals surface area contributed by atoms with E-state index in [2.05, 4.69) is 0 Å². The normalized spacial score (nSPS) is 12.1. The Bertz CT molecular complexity index is 328. The van der Waals surface area contributed by atoms with Crippen molar-refractivity contribution < 1.29 is 9.53 Å². The van der Waals surface area contributed by atoms with Crippen molar-refractivity contribution in [3.63, 3.8) is 0 Å². The monoisotopic (exact) mass is 213 g/mol. The van der Waals surface area contributed by atoms with Crippen LogP contribution in [0.15, 0.2) is 24.3 Å². The molecule has 0 heterocycles. The molecule has 0 radical (unpaired) electrons. The lowest BCUT2D eigenvalue weighted by molar-refractivity contribution is -0.124. The van der Waals surface area contributed by atoms with Crippen LogP contribution in [0.4, 0.5) is 0 Å². The number of ether oxygens (including phenoxy) is 1. The summed E-state index contributed by atoms with van der Waals surface area (Å²) >= 11 is 5.75. The molecule has 1 aromatic carbocycles. The van der Waals surface area contributed by atoms with Crippen LogP contribution in [0.3, 0.4) is 0 Å². The van der Waals surface area contributed by atoms with Crippen LogP contribution >= 0.6 is 11.6 Å². The topological polar surface area (TPSA) is 52.3 Å². The predicted octanol–water partition coefficient (Wildman–Crippen LogP) is 1.98. The summed E-state index contributed by atoms with van der Waals surface area (Å²) in [5.41, 5.74) is 5.14. The van der Waals surface area contributed by atoms with Crippen LogP contribution in [0.5, 0.6) is 5.75 Å². The highest BCUT2D eigenvalue weighted by atomic mass is 35.5. The van der Waals surface area contributed by atoms with E-state index in [9.17, 15) is 4.79 Å². The van der Waals surface area contributed by atoms with Gasteiger partial charge < -0.3 is 10.5 Å². The summed E-state index contributed by atoms with van der Waals surface area (Å²) in [6, 6.07) is 6.87. The second kappa shape index (κ2) is 4.86. The number of primary amides is 1. The number of carbonyl (C=O) groups is 1. The summed E-state index contributed by atoms with van der Waals surface area (Å²) in [4.78, 5) is 10.9. The van der Waals surface area contributed by atoms with Crippen molar-refractivity contribution in [2.24, 2.45) is 5.73 Å². The Morgan fingerprint density at radius 3 is 2.86 bits per heavy atom. The third kappa shape index (κ3) is 2.92. The molecule has 0 aromatic heterocycles. The van der Waals surface area contributed by atoms with E-state index in [0.29, 0.717) is 17.2 Å². The van der Waals surface area contributed by atoms with Gasteiger partial charge >= 0.3 is 0 Å². The molecule has 0 unspecified atom stereocenters. The molecule has 0 saturated heterocycles. The Kier molecular flexibility index (Phi) is 3.77. The Hall–Kier alpha value is -1.22. The third-order valence-corrected chi connectivity index (χ3v) is 2.00. The van der Waals surface area contributed by atoms with Crippen molar-refractivity contribution in [2.75, 3.05) is 0 Å². The first kappa shape index (κ1) is 10.9. The summed E-state index contributed by atoms with van der Waals surface area (Å²) in [5, 5.41) is 0.571. The summed E-state index contributed by atoms with van der Waals surface area (Å²) < 4.78 is 5.35. The van der Waals surface area contributed by atoms with Crippen LogP contribution in [-0.2, 0) is 4.79 Å². The zero-order valence-corrected chi connectivity index (χ0v) is 8.62. The molecule has 1 atom stereocenters. The minimum Gasteiger partial charge on any atom is -0.481 e. The quantitative estimate of drug-likeness (QED) is 0.832. The number of hydrogen-bond acceptors (Lipinski definition) is 2. The molecule has 0 bridgehead atoms. The fourth-order valence-corrected chi connectivity index (χ4v) is 1.23. The van der Waals surface area contributed by atoms with Gasteiger partial charge in [0, 0.05) is 5.02 Å². The van der Waals surface area contributed by atoms with Gasteiger partial charge in [0.2, 0.25) is 0 Å². The van der Waals surface area contributed by atoms with Crippen LogP contribution in [0.1, 0.15) is 13.3 Å². The standard InChI is InChI=1S/C10H12ClNO2/c1-2-9(10(12)13)14-8-5-3-4-7(11)6-8/h3-6,9H,2H2,1H3,(H2,12,13)/t9-/m1/s1. The van der Waals surface area contributed by atoms with Gasteiger partial charge in [0.25, 0.3) is 5.91 Å². The molecule has 3 nitrogen and oxygen atoms in total. The highest BCUT2D eigenvalue weighted by Gasteiger charge is 2.14. The number of halogens is 1. The molecular weight excluding hydrogens is 202 g/mol. The lowest BCUT2D eigenvalue weighted by Crippen LogP contribution is -2.32. The highest BCUT2D eigenvalue weighted by Crippen LogP contribution is 2.18. The van der Waals surface area contributed by atoms with Crippen LogP contribution in [0.25, 0.3) is 0 Å². The molecule has 4 heteroatoms. The molecule has 1 aromatic rings. The SMILES string of the molecule is CC[C@@H](Oc1cccc(Cl)c1)C(N)=O. The number of rotatable bonds is 4. The number of benzene rings is 1. The zero-order chi connectivity index (χ0) is 10.6. The van der Waals surface area contributed by atoms with Crippen LogP contribution < -0.4 is 10.5 Å². The summed E-state index contributed by atoms with van der Waals surface area (Å²) in [6.45, 7) is 1.83. The van der Waals surface area contributed by atoms with Gasteiger partial charge in [-0.3, -0.25) is 4.79 Å². The molecule has 0 aliphatic rings. The largest absolute Gasteiger partial charge is 0.481 e. The number of amides is 1. The number of carbonyl (C=O) groups excluding carboxylic acids is 1. The van der Waals surface area contributed by atoms with Crippen LogP contribution in [0.2, 0.25) is 5.02 Å². The lowest BCUT2D eigenvalue weighted by Gasteiger charge is -2.13. The van der Waals surface area contributed by atoms with E-state index in [0.717, 1.165) is 0 Å². The van der Waals surface area contributed by atoms with E-state index in [1.807, 2.05) is 6.92 Å². The number of nitrogens with two attached hydrogens (primary N) is 1. The Morgan fingerprint density at radius 2 is 2.36 bits per heavy atom. The molecule has 0 spiro atoms. The first-order chi connectivity index (χ1) is 6.63. The Morgan fingerprint density at radius 1 is 1.64 bits per heavy atom. The maximum Gasteiger partial charge on any atom is 0.258 e. The zero-order valence-electron chi connectivity index (χ0n) is 7.87. The van der Waals surface area contributed by atoms with E-state index < -0.39 is 12.0 Å². The average Bonchev–Trinajstić information content (AvgIpc) is 2.14. The molecule has 0 aliphatic heterocycles. The maximum atomic E-state index is 10.9. The summed E-state index contributed by atoms with van der Waals surface area (Å²) in [7, 11) is 0. The third-order valence-electron chi connectivity index (χ3n) is 1.76. The molecule has 14 heavy (non-hydrogen) atoms. The van der Waals surface area contributed by atoms with Crippen molar-refractivity contribution in [3.8, 4) is 5.75 Å². The predicted molar refractivity (Wildman–Crippen MR) is 55.4 cm³/mol. The fraction of sp³-hybridized carbons (Fsp3) is 0.300. The van der Waals surface area contributed by atoms with Crippen molar-refractivity contribution >= 4 is 17.5 Å². The van der Waals surface area contributed by atoms with Gasteiger partial charge in [-0.25, -0.2) is 0 Å².